The molecule has 0 saturated carbocycles. The van der Waals surface area contributed by atoms with Crippen LogP contribution in [0.4, 0.5) is 0 Å². The van der Waals surface area contributed by atoms with Gasteiger partial charge in [0.25, 0.3) is 0 Å². The monoisotopic (exact) mass is 448 g/mol. The molecule has 2 heterocycles. The lowest BCUT2D eigenvalue weighted by molar-refractivity contribution is -0.116. The maximum Gasteiger partial charge on any atom is 0.231 e. The molecular formula is C25H21ClN2O4. The number of benzene rings is 2. The molecule has 162 valence electrons. The van der Waals surface area contributed by atoms with E-state index in [2.05, 4.69) is 11.4 Å². The minimum absolute atomic E-state index is 0.0125. The molecule has 0 spiro atoms. The number of fused-ring (bicyclic) bond motifs is 1. The lowest BCUT2D eigenvalue weighted by Gasteiger charge is -2.36. The molecule has 0 bridgehead atoms. The molecule has 7 heteroatoms. The third-order valence-electron chi connectivity index (χ3n) is 6.34. The highest BCUT2D eigenvalue weighted by atomic mass is 35.5. The van der Waals surface area contributed by atoms with E-state index in [1.165, 1.54) is 0 Å². The Morgan fingerprint density at radius 1 is 1.16 bits per heavy atom. The van der Waals surface area contributed by atoms with Crippen LogP contribution in [0.3, 0.4) is 0 Å². The van der Waals surface area contributed by atoms with Crippen molar-refractivity contribution in [1.29, 1.82) is 5.26 Å². The summed E-state index contributed by atoms with van der Waals surface area (Å²) in [4.78, 5) is 13.5. The summed E-state index contributed by atoms with van der Waals surface area (Å²) in [6, 6.07) is 13.6. The topological polar surface area (TPSA) is 80.6 Å². The lowest BCUT2D eigenvalue weighted by atomic mass is 9.72. The molecule has 2 aliphatic heterocycles. The van der Waals surface area contributed by atoms with Gasteiger partial charge in [-0.1, -0.05) is 23.7 Å². The number of ketones is 1. The van der Waals surface area contributed by atoms with Crippen molar-refractivity contribution in [3.8, 4) is 23.3 Å². The molecule has 5 rings (SSSR count). The number of rotatable bonds is 3. The first-order valence-corrected chi connectivity index (χ1v) is 10.7. The SMILES string of the molecule is COc1ccc([C@H]2CC(=O)C3=C(C2)NC(C)=C(C#N)[C@H]3c2cc3c(cc2Cl)OCO3)cc1. The van der Waals surface area contributed by atoms with Crippen LogP contribution in [0.25, 0.3) is 0 Å². The van der Waals surface area contributed by atoms with Gasteiger partial charge in [-0.25, -0.2) is 0 Å². The van der Waals surface area contributed by atoms with Gasteiger partial charge in [0.15, 0.2) is 17.3 Å². The van der Waals surface area contributed by atoms with Crippen molar-refractivity contribution in [2.75, 3.05) is 13.9 Å². The minimum Gasteiger partial charge on any atom is -0.497 e. The number of Topliss-reactive ketones (excluding diaryl/α,β-unsaturated/α-hetero) is 1. The highest BCUT2D eigenvalue weighted by Crippen LogP contribution is 2.49. The predicted octanol–water partition coefficient (Wildman–Crippen LogP) is 4.96. The molecule has 6 nitrogen and oxygen atoms in total. The number of hydrogen-bond acceptors (Lipinski definition) is 6. The molecule has 2 aromatic rings. The van der Waals surface area contributed by atoms with Crippen LogP contribution >= 0.6 is 11.6 Å². The number of nitrogens with one attached hydrogen (secondary N) is 1. The second-order valence-corrected chi connectivity index (χ2v) is 8.54. The standard InChI is InChI=1S/C25H21ClN2O4/c1-13-18(11-27)24(17-9-22-23(10-19(17)26)32-12-31-22)25-20(28-13)7-15(8-21(25)29)14-3-5-16(30-2)6-4-14/h3-6,9-10,15,24,28H,7-8,12H2,1-2H3/t15-,24-/m1/s1. The van der Waals surface area contributed by atoms with E-state index in [0.717, 1.165) is 22.7 Å². The maximum atomic E-state index is 13.5. The number of ether oxygens (including phenoxy) is 3. The Balaban J connectivity index is 1.58. The first-order chi connectivity index (χ1) is 15.5. The van der Waals surface area contributed by atoms with Crippen LogP contribution in [-0.4, -0.2) is 19.7 Å². The molecule has 1 aliphatic carbocycles. The Morgan fingerprint density at radius 2 is 1.88 bits per heavy atom. The molecular weight excluding hydrogens is 428 g/mol. The number of halogens is 1. The summed E-state index contributed by atoms with van der Waals surface area (Å²) in [6.07, 6.45) is 1.03. The normalized spacial score (nSPS) is 21.8. The van der Waals surface area contributed by atoms with Gasteiger partial charge >= 0.3 is 0 Å². The van der Waals surface area contributed by atoms with Gasteiger partial charge in [0, 0.05) is 34.5 Å². The zero-order chi connectivity index (χ0) is 22.4. The first-order valence-electron chi connectivity index (χ1n) is 10.4. The molecule has 1 N–H and O–H groups in total. The Labute approximate surface area is 191 Å². The fourth-order valence-corrected chi connectivity index (χ4v) is 5.03. The van der Waals surface area contributed by atoms with Gasteiger partial charge in [-0.05, 0) is 48.6 Å². The predicted molar refractivity (Wildman–Crippen MR) is 119 cm³/mol. The molecule has 0 radical (unpaired) electrons. The summed E-state index contributed by atoms with van der Waals surface area (Å²) in [6.45, 7) is 1.98. The van der Waals surface area contributed by atoms with E-state index in [4.69, 9.17) is 25.8 Å². The van der Waals surface area contributed by atoms with E-state index in [9.17, 15) is 10.1 Å². The van der Waals surface area contributed by atoms with Crippen molar-refractivity contribution in [2.24, 2.45) is 0 Å². The second-order valence-electron chi connectivity index (χ2n) is 8.13. The maximum absolute atomic E-state index is 13.5. The molecule has 32 heavy (non-hydrogen) atoms. The molecule has 0 saturated heterocycles. The number of carbonyl (C=O) groups is 1. The van der Waals surface area contributed by atoms with Gasteiger partial charge in [-0.3, -0.25) is 4.79 Å². The average molecular weight is 449 g/mol. The Bertz CT molecular complexity index is 1220. The number of nitriles is 1. The van der Waals surface area contributed by atoms with Crippen LogP contribution in [0.2, 0.25) is 5.02 Å². The van der Waals surface area contributed by atoms with E-state index < -0.39 is 5.92 Å². The summed E-state index contributed by atoms with van der Waals surface area (Å²) in [5.74, 6) is 1.43. The fourth-order valence-electron chi connectivity index (χ4n) is 4.76. The van der Waals surface area contributed by atoms with E-state index in [1.54, 1.807) is 19.2 Å². The van der Waals surface area contributed by atoms with Gasteiger partial charge < -0.3 is 19.5 Å². The largest absolute Gasteiger partial charge is 0.497 e. The second kappa shape index (κ2) is 7.92. The molecule has 0 amide bonds. The minimum atomic E-state index is -0.539. The molecule has 0 aromatic heterocycles. The number of allylic oxidation sites excluding steroid dienone is 4. The van der Waals surface area contributed by atoms with Crippen LogP contribution in [0, 0.1) is 11.3 Å². The van der Waals surface area contributed by atoms with Crippen molar-refractivity contribution in [2.45, 2.75) is 31.6 Å². The van der Waals surface area contributed by atoms with Gasteiger partial charge in [-0.2, -0.15) is 5.26 Å². The van der Waals surface area contributed by atoms with Crippen molar-refractivity contribution in [3.63, 3.8) is 0 Å². The Kier molecular flexibility index (Phi) is 5.07. The summed E-state index contributed by atoms with van der Waals surface area (Å²) < 4.78 is 16.2. The zero-order valence-electron chi connectivity index (χ0n) is 17.7. The van der Waals surface area contributed by atoms with Crippen LogP contribution in [-0.2, 0) is 4.79 Å². The molecule has 2 atom stereocenters. The van der Waals surface area contributed by atoms with Gasteiger partial charge in [0.2, 0.25) is 6.79 Å². The van der Waals surface area contributed by atoms with Crippen molar-refractivity contribution in [3.05, 3.63) is 75.1 Å². The average Bonchev–Trinajstić information content (AvgIpc) is 3.24. The van der Waals surface area contributed by atoms with Crippen LogP contribution < -0.4 is 19.5 Å². The summed E-state index contributed by atoms with van der Waals surface area (Å²) in [5, 5.41) is 13.7. The Hall–Kier alpha value is -3.43. The Morgan fingerprint density at radius 3 is 2.56 bits per heavy atom. The molecule has 3 aliphatic rings. The molecule has 0 fully saturated rings. The van der Waals surface area contributed by atoms with Crippen molar-refractivity contribution in [1.82, 2.24) is 5.32 Å². The van der Waals surface area contributed by atoms with E-state index >= 15 is 0 Å². The van der Waals surface area contributed by atoms with Crippen molar-refractivity contribution >= 4 is 17.4 Å². The van der Waals surface area contributed by atoms with E-state index in [-0.39, 0.29) is 18.5 Å². The highest BCUT2D eigenvalue weighted by Gasteiger charge is 2.40. The number of nitrogens with zero attached hydrogens (tertiary/aromatic N) is 1. The summed E-state index contributed by atoms with van der Waals surface area (Å²) in [5.41, 5.74) is 4.43. The van der Waals surface area contributed by atoms with E-state index in [0.29, 0.717) is 46.1 Å². The number of methoxy groups -OCH3 is 1. The van der Waals surface area contributed by atoms with Gasteiger partial charge in [0.1, 0.15) is 5.75 Å². The van der Waals surface area contributed by atoms with Gasteiger partial charge in [-0.15, -0.1) is 0 Å². The van der Waals surface area contributed by atoms with Gasteiger partial charge in [0.05, 0.1) is 24.7 Å². The van der Waals surface area contributed by atoms with Crippen LogP contribution in [0.5, 0.6) is 17.2 Å². The van der Waals surface area contributed by atoms with Crippen LogP contribution in [0.15, 0.2) is 58.9 Å². The van der Waals surface area contributed by atoms with Crippen LogP contribution in [0.1, 0.15) is 42.7 Å². The number of dihydropyridines is 1. The smallest absolute Gasteiger partial charge is 0.231 e. The highest BCUT2D eigenvalue weighted by molar-refractivity contribution is 6.31. The zero-order valence-corrected chi connectivity index (χ0v) is 18.5. The number of hydrogen-bond donors (Lipinski definition) is 1. The fraction of sp³-hybridized carbons (Fsp3) is 0.280. The third-order valence-corrected chi connectivity index (χ3v) is 6.67. The third kappa shape index (κ3) is 3.30. The summed E-state index contributed by atoms with van der Waals surface area (Å²) >= 11 is 6.61. The number of carbonyl (C=O) groups excluding carboxylic acids is 1. The molecule has 2 aromatic carbocycles. The lowest BCUT2D eigenvalue weighted by Crippen LogP contribution is -2.33. The van der Waals surface area contributed by atoms with E-state index in [1.807, 2.05) is 31.2 Å². The quantitative estimate of drug-likeness (QED) is 0.714. The molecule has 0 unspecified atom stereocenters. The van der Waals surface area contributed by atoms with Crippen molar-refractivity contribution < 1.29 is 19.0 Å². The first kappa shape index (κ1) is 20.5. The summed E-state index contributed by atoms with van der Waals surface area (Å²) in [7, 11) is 1.63.